The summed E-state index contributed by atoms with van der Waals surface area (Å²) in [5, 5.41) is 0.683. The number of esters is 1. The van der Waals surface area contributed by atoms with Gasteiger partial charge in [-0.05, 0) is 43.5 Å². The van der Waals surface area contributed by atoms with E-state index >= 15 is 0 Å². The fourth-order valence-corrected chi connectivity index (χ4v) is 3.10. The number of hydrogen-bond donors (Lipinski definition) is 0. The highest BCUT2D eigenvalue weighted by Gasteiger charge is 2.36. The van der Waals surface area contributed by atoms with Crippen LogP contribution in [0.2, 0.25) is 5.02 Å². The zero-order valence-corrected chi connectivity index (χ0v) is 13.1. The number of likely N-dealkylation sites (tertiary alicyclic amines) is 1. The van der Waals surface area contributed by atoms with Gasteiger partial charge in [-0.1, -0.05) is 23.7 Å². The lowest BCUT2D eigenvalue weighted by Crippen LogP contribution is -2.44. The topological polar surface area (TPSA) is 46.6 Å². The molecule has 1 aromatic carbocycles. The van der Waals surface area contributed by atoms with E-state index in [-0.39, 0.29) is 23.6 Å². The monoisotopic (exact) mass is 309 g/mol. The second-order valence-electron chi connectivity index (χ2n) is 5.51. The number of Topliss-reactive ketones (excluding diaryl/α,β-unsaturated/α-hetero) is 1. The number of piperidine rings is 1. The van der Waals surface area contributed by atoms with Crippen molar-refractivity contribution in [2.24, 2.45) is 5.92 Å². The Hall–Kier alpha value is -1.39. The van der Waals surface area contributed by atoms with E-state index in [2.05, 4.69) is 0 Å². The van der Waals surface area contributed by atoms with Crippen LogP contribution in [0.25, 0.3) is 0 Å². The van der Waals surface area contributed by atoms with Crippen molar-refractivity contribution in [3.8, 4) is 0 Å². The Balaban J connectivity index is 2.18. The lowest BCUT2D eigenvalue weighted by molar-refractivity contribution is -0.148. The summed E-state index contributed by atoms with van der Waals surface area (Å²) in [6, 6.07) is 7.60. The Morgan fingerprint density at radius 1 is 1.33 bits per heavy atom. The molecule has 1 saturated heterocycles. The van der Waals surface area contributed by atoms with Crippen LogP contribution in [0.15, 0.2) is 24.3 Å². The van der Waals surface area contributed by atoms with E-state index in [1.54, 1.807) is 6.92 Å². The molecule has 0 radical (unpaired) electrons. The number of carbonyl (C=O) groups is 2. The van der Waals surface area contributed by atoms with Gasteiger partial charge in [-0.25, -0.2) is 0 Å². The molecule has 0 spiro atoms. The van der Waals surface area contributed by atoms with Crippen LogP contribution in [0.3, 0.4) is 0 Å². The quantitative estimate of drug-likeness (QED) is 0.802. The molecule has 21 heavy (non-hydrogen) atoms. The standard InChI is InChI=1S/C16H20ClNO3/c1-11(19)9-18-8-7-14(15(10-18)16(20)21-2)12-3-5-13(17)6-4-12/h3-6,14-15H,7-10H2,1-2H3/t14?,15-/m1/s1. The van der Waals surface area contributed by atoms with Crippen molar-refractivity contribution in [2.45, 2.75) is 19.3 Å². The molecule has 2 rings (SSSR count). The van der Waals surface area contributed by atoms with Crippen molar-refractivity contribution in [1.29, 1.82) is 0 Å². The van der Waals surface area contributed by atoms with Crippen molar-refractivity contribution in [2.75, 3.05) is 26.7 Å². The third-order valence-electron chi connectivity index (χ3n) is 3.95. The zero-order chi connectivity index (χ0) is 15.4. The van der Waals surface area contributed by atoms with Gasteiger partial charge in [0.15, 0.2) is 0 Å². The number of rotatable bonds is 4. The second-order valence-corrected chi connectivity index (χ2v) is 5.95. The van der Waals surface area contributed by atoms with Gasteiger partial charge in [-0.15, -0.1) is 0 Å². The molecule has 1 aromatic rings. The minimum absolute atomic E-state index is 0.109. The minimum atomic E-state index is -0.246. The third-order valence-corrected chi connectivity index (χ3v) is 4.20. The number of halogens is 1. The summed E-state index contributed by atoms with van der Waals surface area (Å²) >= 11 is 5.92. The molecular weight excluding hydrogens is 290 g/mol. The summed E-state index contributed by atoms with van der Waals surface area (Å²) in [5.41, 5.74) is 1.09. The van der Waals surface area contributed by atoms with E-state index in [1.165, 1.54) is 7.11 Å². The van der Waals surface area contributed by atoms with Crippen LogP contribution < -0.4 is 0 Å². The van der Waals surface area contributed by atoms with Crippen LogP contribution in [0, 0.1) is 5.92 Å². The van der Waals surface area contributed by atoms with E-state index in [1.807, 2.05) is 29.2 Å². The number of ketones is 1. The molecule has 1 aliphatic heterocycles. The van der Waals surface area contributed by atoms with Crippen LogP contribution in [0.1, 0.15) is 24.8 Å². The summed E-state index contributed by atoms with van der Waals surface area (Å²) in [4.78, 5) is 25.4. The number of ether oxygens (including phenoxy) is 1. The van der Waals surface area contributed by atoms with E-state index in [4.69, 9.17) is 16.3 Å². The molecule has 1 fully saturated rings. The SMILES string of the molecule is COC(=O)[C@@H]1CN(CC(C)=O)CCC1c1ccc(Cl)cc1. The summed E-state index contributed by atoms with van der Waals surface area (Å²) in [5.74, 6) is -0.242. The van der Waals surface area contributed by atoms with Crippen molar-refractivity contribution in [1.82, 2.24) is 4.90 Å². The molecule has 2 atom stereocenters. The average molecular weight is 310 g/mol. The largest absolute Gasteiger partial charge is 0.469 e. The van der Waals surface area contributed by atoms with Crippen LogP contribution in [-0.2, 0) is 14.3 Å². The average Bonchev–Trinajstić information content (AvgIpc) is 2.47. The number of benzene rings is 1. The van der Waals surface area contributed by atoms with Gasteiger partial charge < -0.3 is 4.74 Å². The van der Waals surface area contributed by atoms with E-state index < -0.39 is 0 Å². The number of carbonyl (C=O) groups excluding carboxylic acids is 2. The molecular formula is C16H20ClNO3. The molecule has 0 N–H and O–H groups in total. The molecule has 1 aliphatic rings. The van der Waals surface area contributed by atoms with Crippen LogP contribution in [-0.4, -0.2) is 43.4 Å². The van der Waals surface area contributed by atoms with Gasteiger partial charge in [0.2, 0.25) is 0 Å². The van der Waals surface area contributed by atoms with Gasteiger partial charge in [0.05, 0.1) is 19.6 Å². The summed E-state index contributed by atoms with van der Waals surface area (Å²) in [6.07, 6.45) is 0.828. The predicted molar refractivity (Wildman–Crippen MR) is 81.4 cm³/mol. The maximum absolute atomic E-state index is 12.1. The highest BCUT2D eigenvalue weighted by atomic mass is 35.5. The molecule has 1 unspecified atom stereocenters. The van der Waals surface area contributed by atoms with E-state index in [0.29, 0.717) is 18.1 Å². The highest BCUT2D eigenvalue weighted by Crippen LogP contribution is 2.34. The fraction of sp³-hybridized carbons (Fsp3) is 0.500. The van der Waals surface area contributed by atoms with Crippen molar-refractivity contribution in [3.63, 3.8) is 0 Å². The van der Waals surface area contributed by atoms with Gasteiger partial charge in [-0.3, -0.25) is 14.5 Å². The molecule has 114 valence electrons. The molecule has 0 saturated carbocycles. The minimum Gasteiger partial charge on any atom is -0.469 e. The zero-order valence-electron chi connectivity index (χ0n) is 12.3. The molecule has 0 aliphatic carbocycles. The maximum Gasteiger partial charge on any atom is 0.310 e. The Morgan fingerprint density at radius 3 is 2.57 bits per heavy atom. The normalized spacial score (nSPS) is 22.8. The second kappa shape index (κ2) is 7.05. The van der Waals surface area contributed by atoms with Gasteiger partial charge in [0.1, 0.15) is 5.78 Å². The Bertz CT molecular complexity index is 515. The Kier molecular flexibility index (Phi) is 5.37. The first-order valence-corrected chi connectivity index (χ1v) is 7.44. The molecule has 0 bridgehead atoms. The summed E-state index contributed by atoms with van der Waals surface area (Å²) < 4.78 is 4.94. The maximum atomic E-state index is 12.1. The number of hydrogen-bond acceptors (Lipinski definition) is 4. The number of methoxy groups -OCH3 is 1. The first-order chi connectivity index (χ1) is 10.0. The summed E-state index contributed by atoms with van der Waals surface area (Å²) in [7, 11) is 1.41. The number of nitrogens with zero attached hydrogens (tertiary/aromatic N) is 1. The Labute approximate surface area is 130 Å². The molecule has 1 heterocycles. The van der Waals surface area contributed by atoms with Gasteiger partial charge >= 0.3 is 5.97 Å². The third kappa shape index (κ3) is 4.05. The van der Waals surface area contributed by atoms with Crippen molar-refractivity contribution in [3.05, 3.63) is 34.9 Å². The fourth-order valence-electron chi connectivity index (χ4n) is 2.98. The lowest BCUT2D eigenvalue weighted by Gasteiger charge is -2.36. The van der Waals surface area contributed by atoms with Crippen molar-refractivity contribution < 1.29 is 14.3 Å². The van der Waals surface area contributed by atoms with Gasteiger partial charge in [-0.2, -0.15) is 0 Å². The lowest BCUT2D eigenvalue weighted by atomic mass is 9.80. The van der Waals surface area contributed by atoms with Crippen LogP contribution in [0.4, 0.5) is 0 Å². The van der Waals surface area contributed by atoms with Crippen molar-refractivity contribution >= 4 is 23.4 Å². The van der Waals surface area contributed by atoms with E-state index in [9.17, 15) is 9.59 Å². The van der Waals surface area contributed by atoms with Gasteiger partial charge in [0, 0.05) is 11.6 Å². The Morgan fingerprint density at radius 2 is 2.00 bits per heavy atom. The smallest absolute Gasteiger partial charge is 0.310 e. The predicted octanol–water partition coefficient (Wildman–Crippen LogP) is 2.51. The molecule has 0 aromatic heterocycles. The van der Waals surface area contributed by atoms with Gasteiger partial charge in [0.25, 0.3) is 0 Å². The molecule has 4 nitrogen and oxygen atoms in total. The first-order valence-electron chi connectivity index (χ1n) is 7.06. The van der Waals surface area contributed by atoms with Crippen LogP contribution >= 0.6 is 11.6 Å². The molecule has 0 amide bonds. The first kappa shape index (κ1) is 16.0. The summed E-state index contributed by atoms with van der Waals surface area (Å²) in [6.45, 7) is 3.32. The molecule has 5 heteroatoms. The van der Waals surface area contributed by atoms with Crippen LogP contribution in [0.5, 0.6) is 0 Å². The highest BCUT2D eigenvalue weighted by molar-refractivity contribution is 6.30. The van der Waals surface area contributed by atoms with E-state index in [0.717, 1.165) is 18.5 Å².